The summed E-state index contributed by atoms with van der Waals surface area (Å²) in [5, 5.41) is 3.19. The first kappa shape index (κ1) is 13.9. The second-order valence-corrected chi connectivity index (χ2v) is 5.79. The normalized spacial score (nSPS) is 22.9. The topological polar surface area (TPSA) is 32.3 Å². The number of rotatable bonds is 3. The van der Waals surface area contributed by atoms with E-state index < -0.39 is 0 Å². The molecule has 3 nitrogen and oxygen atoms in total. The van der Waals surface area contributed by atoms with Crippen LogP contribution in [0.15, 0.2) is 24.3 Å². The average molecular weight is 260 g/mol. The van der Waals surface area contributed by atoms with Gasteiger partial charge in [0.25, 0.3) is 5.91 Å². The molecule has 19 heavy (non-hydrogen) atoms. The average Bonchev–Trinajstić information content (AvgIpc) is 2.41. The molecule has 0 aliphatic heterocycles. The first-order chi connectivity index (χ1) is 9.08. The molecule has 0 spiro atoms. The molecule has 1 amide bonds. The maximum atomic E-state index is 12.3. The number of hydrogen-bond acceptors (Lipinski definition) is 2. The Bertz CT molecular complexity index is 442. The largest absolute Gasteiger partial charge is 0.378 e. The molecule has 1 saturated carbocycles. The van der Waals surface area contributed by atoms with E-state index in [1.165, 1.54) is 19.3 Å². The number of amides is 1. The van der Waals surface area contributed by atoms with Gasteiger partial charge in [-0.15, -0.1) is 0 Å². The fourth-order valence-electron chi connectivity index (χ4n) is 2.71. The number of carbonyl (C=O) groups excluding carboxylic acids is 1. The fraction of sp³-hybridized carbons (Fsp3) is 0.562. The molecule has 0 heterocycles. The van der Waals surface area contributed by atoms with Crippen molar-refractivity contribution in [1.82, 2.24) is 5.32 Å². The van der Waals surface area contributed by atoms with E-state index in [1.54, 1.807) is 0 Å². The van der Waals surface area contributed by atoms with Gasteiger partial charge in [-0.2, -0.15) is 0 Å². The first-order valence-corrected chi connectivity index (χ1v) is 7.16. The van der Waals surface area contributed by atoms with Crippen LogP contribution in [0.4, 0.5) is 5.69 Å². The van der Waals surface area contributed by atoms with Crippen LogP contribution in [-0.4, -0.2) is 26.0 Å². The van der Waals surface area contributed by atoms with Crippen LogP contribution in [-0.2, 0) is 0 Å². The van der Waals surface area contributed by atoms with Gasteiger partial charge in [0.1, 0.15) is 0 Å². The van der Waals surface area contributed by atoms with Crippen LogP contribution >= 0.6 is 0 Å². The van der Waals surface area contributed by atoms with Gasteiger partial charge in [-0.1, -0.05) is 25.8 Å². The monoisotopic (exact) mass is 260 g/mol. The van der Waals surface area contributed by atoms with Gasteiger partial charge in [-0.3, -0.25) is 4.79 Å². The fourth-order valence-corrected chi connectivity index (χ4v) is 2.71. The Labute approximate surface area is 116 Å². The Balaban J connectivity index is 2.05. The van der Waals surface area contributed by atoms with Gasteiger partial charge in [0, 0.05) is 31.4 Å². The van der Waals surface area contributed by atoms with Gasteiger partial charge >= 0.3 is 0 Å². The molecule has 1 fully saturated rings. The molecule has 0 radical (unpaired) electrons. The van der Waals surface area contributed by atoms with E-state index in [4.69, 9.17) is 0 Å². The van der Waals surface area contributed by atoms with Crippen LogP contribution in [0, 0.1) is 5.92 Å². The molecule has 2 rings (SSSR count). The van der Waals surface area contributed by atoms with Gasteiger partial charge in [0.15, 0.2) is 0 Å². The summed E-state index contributed by atoms with van der Waals surface area (Å²) in [7, 11) is 3.97. The zero-order valence-corrected chi connectivity index (χ0v) is 12.1. The molecular formula is C16H24N2O. The van der Waals surface area contributed by atoms with Crippen molar-refractivity contribution in [3.8, 4) is 0 Å². The van der Waals surface area contributed by atoms with Crippen molar-refractivity contribution in [2.24, 2.45) is 5.92 Å². The summed E-state index contributed by atoms with van der Waals surface area (Å²) < 4.78 is 0. The minimum atomic E-state index is 0.0578. The number of carbonyl (C=O) groups is 1. The molecule has 1 aliphatic rings. The van der Waals surface area contributed by atoms with Crippen LogP contribution in [0.5, 0.6) is 0 Å². The van der Waals surface area contributed by atoms with Crippen molar-refractivity contribution in [3.05, 3.63) is 29.8 Å². The second-order valence-electron chi connectivity index (χ2n) is 5.79. The Morgan fingerprint density at radius 1 is 1.26 bits per heavy atom. The number of nitrogens with zero attached hydrogens (tertiary/aromatic N) is 1. The number of anilines is 1. The van der Waals surface area contributed by atoms with Crippen LogP contribution in [0.1, 0.15) is 43.0 Å². The summed E-state index contributed by atoms with van der Waals surface area (Å²) in [6.45, 7) is 2.24. The standard InChI is InChI=1S/C16H24N2O/c1-12-7-4-5-10-15(12)17-16(19)13-8-6-9-14(11-13)18(2)3/h6,8-9,11-12,15H,4-5,7,10H2,1-3H3,(H,17,19)/t12-,15-/m1/s1. The summed E-state index contributed by atoms with van der Waals surface area (Å²) >= 11 is 0. The highest BCUT2D eigenvalue weighted by Crippen LogP contribution is 2.24. The highest BCUT2D eigenvalue weighted by Gasteiger charge is 2.23. The van der Waals surface area contributed by atoms with Crippen LogP contribution in [0.3, 0.4) is 0 Å². The lowest BCUT2D eigenvalue weighted by Crippen LogP contribution is -2.41. The summed E-state index contributed by atoms with van der Waals surface area (Å²) in [5.74, 6) is 0.650. The van der Waals surface area contributed by atoms with Crippen molar-refractivity contribution < 1.29 is 4.79 Å². The second kappa shape index (κ2) is 6.09. The van der Waals surface area contributed by atoms with E-state index in [-0.39, 0.29) is 5.91 Å². The van der Waals surface area contributed by atoms with E-state index >= 15 is 0 Å². The Morgan fingerprint density at radius 2 is 2.00 bits per heavy atom. The molecule has 1 aromatic rings. The zero-order valence-electron chi connectivity index (χ0n) is 12.1. The minimum Gasteiger partial charge on any atom is -0.378 e. The Kier molecular flexibility index (Phi) is 4.46. The van der Waals surface area contributed by atoms with Crippen LogP contribution < -0.4 is 10.2 Å². The number of hydrogen-bond donors (Lipinski definition) is 1. The van der Waals surface area contributed by atoms with E-state index in [2.05, 4.69) is 12.2 Å². The summed E-state index contributed by atoms with van der Waals surface area (Å²) in [4.78, 5) is 14.3. The van der Waals surface area contributed by atoms with Crippen LogP contribution in [0.25, 0.3) is 0 Å². The van der Waals surface area contributed by atoms with Gasteiger partial charge in [-0.25, -0.2) is 0 Å². The van der Waals surface area contributed by atoms with Gasteiger partial charge < -0.3 is 10.2 Å². The molecule has 3 heteroatoms. The van der Waals surface area contributed by atoms with Crippen molar-refractivity contribution in [3.63, 3.8) is 0 Å². The molecule has 1 aromatic carbocycles. The first-order valence-electron chi connectivity index (χ1n) is 7.16. The number of nitrogens with one attached hydrogen (secondary N) is 1. The molecule has 1 N–H and O–H groups in total. The molecular weight excluding hydrogens is 236 g/mol. The van der Waals surface area contributed by atoms with E-state index in [0.29, 0.717) is 12.0 Å². The Morgan fingerprint density at radius 3 is 2.68 bits per heavy atom. The maximum Gasteiger partial charge on any atom is 0.251 e. The molecule has 104 valence electrons. The predicted octanol–water partition coefficient (Wildman–Crippen LogP) is 3.06. The maximum absolute atomic E-state index is 12.3. The lowest BCUT2D eigenvalue weighted by Gasteiger charge is -2.29. The van der Waals surface area contributed by atoms with Crippen molar-refractivity contribution in [1.29, 1.82) is 0 Å². The minimum absolute atomic E-state index is 0.0578. The van der Waals surface area contributed by atoms with Crippen molar-refractivity contribution >= 4 is 11.6 Å². The quantitative estimate of drug-likeness (QED) is 0.906. The van der Waals surface area contributed by atoms with E-state index in [9.17, 15) is 4.79 Å². The van der Waals surface area contributed by atoms with Gasteiger partial charge in [0.2, 0.25) is 0 Å². The summed E-state index contributed by atoms with van der Waals surface area (Å²) in [6.07, 6.45) is 4.86. The van der Waals surface area contributed by atoms with Crippen molar-refractivity contribution in [2.75, 3.05) is 19.0 Å². The van der Waals surface area contributed by atoms with Gasteiger partial charge in [0.05, 0.1) is 0 Å². The zero-order chi connectivity index (χ0) is 13.8. The van der Waals surface area contributed by atoms with E-state index in [1.807, 2.05) is 43.3 Å². The van der Waals surface area contributed by atoms with Crippen LogP contribution in [0.2, 0.25) is 0 Å². The molecule has 0 unspecified atom stereocenters. The highest BCUT2D eigenvalue weighted by atomic mass is 16.1. The third-order valence-corrected chi connectivity index (χ3v) is 4.05. The third-order valence-electron chi connectivity index (χ3n) is 4.05. The number of benzene rings is 1. The summed E-state index contributed by atoms with van der Waals surface area (Å²) in [5.41, 5.74) is 1.81. The predicted molar refractivity (Wildman–Crippen MR) is 79.7 cm³/mol. The third kappa shape index (κ3) is 3.49. The van der Waals surface area contributed by atoms with E-state index in [0.717, 1.165) is 17.7 Å². The smallest absolute Gasteiger partial charge is 0.251 e. The van der Waals surface area contributed by atoms with Gasteiger partial charge in [-0.05, 0) is 37.0 Å². The SMILES string of the molecule is C[C@@H]1CCCC[C@H]1NC(=O)c1cccc(N(C)C)c1. The molecule has 1 aliphatic carbocycles. The molecule has 0 saturated heterocycles. The highest BCUT2D eigenvalue weighted by molar-refractivity contribution is 5.95. The molecule has 2 atom stereocenters. The Hall–Kier alpha value is -1.51. The van der Waals surface area contributed by atoms with Crippen molar-refractivity contribution in [2.45, 2.75) is 38.6 Å². The summed E-state index contributed by atoms with van der Waals surface area (Å²) in [6, 6.07) is 8.12. The lowest BCUT2D eigenvalue weighted by atomic mass is 9.86. The molecule has 0 bridgehead atoms. The lowest BCUT2D eigenvalue weighted by molar-refractivity contribution is 0.0910. The molecule has 0 aromatic heterocycles.